The molecule has 30 heavy (non-hydrogen) atoms. The lowest BCUT2D eigenvalue weighted by Crippen LogP contribution is -2.42. The van der Waals surface area contributed by atoms with E-state index < -0.39 is 12.1 Å². The van der Waals surface area contributed by atoms with Gasteiger partial charge in [0.15, 0.2) is 5.78 Å². The number of nitrogens with one attached hydrogen (secondary N) is 1. The van der Waals surface area contributed by atoms with Gasteiger partial charge < -0.3 is 29.5 Å². The first-order chi connectivity index (χ1) is 14.1. The van der Waals surface area contributed by atoms with Crippen LogP contribution in [-0.4, -0.2) is 92.6 Å². The highest BCUT2D eigenvalue weighted by Gasteiger charge is 2.38. The molecule has 0 bridgehead atoms. The van der Waals surface area contributed by atoms with Crippen LogP contribution in [0.25, 0.3) is 0 Å². The average molecular weight is 431 g/mol. The molecule has 8 heteroatoms. The van der Waals surface area contributed by atoms with Crippen molar-refractivity contribution in [1.82, 2.24) is 10.2 Å². The van der Waals surface area contributed by atoms with Gasteiger partial charge in [0.1, 0.15) is 6.61 Å². The molecule has 0 aromatic rings. The normalized spacial score (nSPS) is 19.6. The van der Waals surface area contributed by atoms with Crippen LogP contribution < -0.4 is 5.32 Å². The van der Waals surface area contributed by atoms with Gasteiger partial charge in [0.25, 0.3) is 0 Å². The highest BCUT2D eigenvalue weighted by atomic mass is 16.5. The largest absolute Gasteiger partial charge is 0.391 e. The lowest BCUT2D eigenvalue weighted by atomic mass is 9.88. The van der Waals surface area contributed by atoms with Gasteiger partial charge in [-0.1, -0.05) is 34.6 Å². The van der Waals surface area contributed by atoms with Crippen molar-refractivity contribution in [3.63, 3.8) is 0 Å². The first-order valence-electron chi connectivity index (χ1n) is 11.1. The molecule has 1 amide bonds. The fourth-order valence-electron chi connectivity index (χ4n) is 3.16. The Labute approximate surface area is 181 Å². The van der Waals surface area contributed by atoms with E-state index in [1.54, 1.807) is 0 Å². The van der Waals surface area contributed by atoms with E-state index in [1.165, 1.54) is 4.90 Å². The molecular formula is C22H42N2O6. The summed E-state index contributed by atoms with van der Waals surface area (Å²) >= 11 is 0. The summed E-state index contributed by atoms with van der Waals surface area (Å²) in [7, 11) is 0. The van der Waals surface area contributed by atoms with Crippen molar-refractivity contribution < 1.29 is 28.9 Å². The number of ketones is 1. The van der Waals surface area contributed by atoms with Crippen LogP contribution in [-0.2, 0) is 23.8 Å². The van der Waals surface area contributed by atoms with Crippen molar-refractivity contribution in [2.45, 2.75) is 72.1 Å². The molecule has 8 nitrogen and oxygen atoms in total. The summed E-state index contributed by atoms with van der Waals surface area (Å²) in [6, 6.07) is -0.0949. The van der Waals surface area contributed by atoms with Gasteiger partial charge in [-0.05, 0) is 11.8 Å². The molecule has 2 N–H and O–H groups in total. The Morgan fingerprint density at radius 3 is 2.27 bits per heavy atom. The van der Waals surface area contributed by atoms with Gasteiger partial charge in [-0.25, -0.2) is 0 Å². The lowest BCUT2D eigenvalue weighted by Gasteiger charge is -2.25. The van der Waals surface area contributed by atoms with E-state index in [2.05, 4.69) is 39.9 Å². The van der Waals surface area contributed by atoms with Crippen LogP contribution in [0.5, 0.6) is 0 Å². The van der Waals surface area contributed by atoms with Crippen LogP contribution >= 0.6 is 0 Å². The third-order valence-electron chi connectivity index (χ3n) is 4.86. The Kier molecular flexibility index (Phi) is 12.7. The number of amides is 1. The van der Waals surface area contributed by atoms with E-state index in [1.807, 2.05) is 0 Å². The first-order valence-corrected chi connectivity index (χ1v) is 11.1. The molecular weight excluding hydrogens is 388 g/mol. The number of carbonyl (C=O) groups excluding carboxylic acids is 2. The maximum Gasteiger partial charge on any atom is 0.249 e. The summed E-state index contributed by atoms with van der Waals surface area (Å²) in [4.78, 5) is 26.5. The standard InChI is InChI=1S/C22H42N2O6/c1-17(2)23-8-9-28-10-11-29-12-13-30-16-21(27)24-15-18(25)14-19(24)20(26)6-7-22(3,4)5/h17-19,23,25H,6-16H2,1-5H3. The number of hydrogen-bond acceptors (Lipinski definition) is 7. The Morgan fingerprint density at radius 2 is 1.67 bits per heavy atom. The number of likely N-dealkylation sites (tertiary alicyclic amines) is 1. The summed E-state index contributed by atoms with van der Waals surface area (Å²) in [5.41, 5.74) is 0.0564. The molecule has 0 saturated carbocycles. The lowest BCUT2D eigenvalue weighted by molar-refractivity contribution is -0.142. The van der Waals surface area contributed by atoms with E-state index >= 15 is 0 Å². The van der Waals surface area contributed by atoms with E-state index in [0.29, 0.717) is 51.9 Å². The molecule has 2 unspecified atom stereocenters. The summed E-state index contributed by atoms with van der Waals surface area (Å²) < 4.78 is 16.3. The van der Waals surface area contributed by atoms with Gasteiger partial charge in [0.05, 0.1) is 45.2 Å². The second kappa shape index (κ2) is 14.1. The van der Waals surface area contributed by atoms with Crippen molar-refractivity contribution in [3.05, 3.63) is 0 Å². The molecule has 0 aromatic carbocycles. The van der Waals surface area contributed by atoms with Crippen molar-refractivity contribution in [1.29, 1.82) is 0 Å². The highest BCUT2D eigenvalue weighted by Crippen LogP contribution is 2.25. The molecule has 1 aliphatic rings. The number of nitrogens with zero attached hydrogens (tertiary/aromatic N) is 1. The van der Waals surface area contributed by atoms with Gasteiger partial charge in [-0.3, -0.25) is 9.59 Å². The predicted octanol–water partition coefficient (Wildman–Crippen LogP) is 1.39. The molecule has 0 radical (unpaired) electrons. The third-order valence-corrected chi connectivity index (χ3v) is 4.86. The Morgan fingerprint density at radius 1 is 1.07 bits per heavy atom. The number of hydrogen-bond donors (Lipinski definition) is 2. The average Bonchev–Trinajstić information content (AvgIpc) is 3.05. The number of ether oxygens (including phenoxy) is 3. The van der Waals surface area contributed by atoms with E-state index in [4.69, 9.17) is 14.2 Å². The molecule has 1 heterocycles. The Hall–Kier alpha value is -1.06. The maximum absolute atomic E-state index is 12.5. The quantitative estimate of drug-likeness (QED) is 0.379. The third kappa shape index (κ3) is 12.0. The van der Waals surface area contributed by atoms with E-state index in [-0.39, 0.29) is 30.3 Å². The topological polar surface area (TPSA) is 97.3 Å². The Bertz CT molecular complexity index is 506. The molecule has 0 aromatic heterocycles. The fraction of sp³-hybridized carbons (Fsp3) is 0.909. The van der Waals surface area contributed by atoms with Gasteiger partial charge >= 0.3 is 0 Å². The number of aliphatic hydroxyl groups excluding tert-OH is 1. The van der Waals surface area contributed by atoms with Gasteiger partial charge in [-0.2, -0.15) is 0 Å². The zero-order valence-corrected chi connectivity index (χ0v) is 19.4. The van der Waals surface area contributed by atoms with Gasteiger partial charge in [0, 0.05) is 32.0 Å². The smallest absolute Gasteiger partial charge is 0.249 e. The minimum absolute atomic E-state index is 0.0155. The van der Waals surface area contributed by atoms with Crippen LogP contribution in [0, 0.1) is 5.41 Å². The second-order valence-electron chi connectivity index (χ2n) is 9.36. The zero-order valence-electron chi connectivity index (χ0n) is 19.4. The monoisotopic (exact) mass is 430 g/mol. The molecule has 2 atom stereocenters. The summed E-state index contributed by atoms with van der Waals surface area (Å²) in [6.45, 7) is 13.6. The summed E-state index contributed by atoms with van der Waals surface area (Å²) in [6.07, 6.45) is 0.822. The number of β-amino-alcohol motifs (C(OH)–C–C–N with tert-alkyl or cyclic N) is 1. The first kappa shape index (κ1) is 27.0. The predicted molar refractivity (Wildman–Crippen MR) is 115 cm³/mol. The highest BCUT2D eigenvalue weighted by molar-refractivity contribution is 5.90. The molecule has 1 saturated heterocycles. The molecule has 1 aliphatic heterocycles. The van der Waals surface area contributed by atoms with Crippen LogP contribution in [0.4, 0.5) is 0 Å². The van der Waals surface area contributed by atoms with E-state index in [0.717, 1.165) is 13.0 Å². The second-order valence-corrected chi connectivity index (χ2v) is 9.36. The molecule has 1 rings (SSSR count). The molecule has 176 valence electrons. The Balaban J connectivity index is 2.17. The molecule has 1 fully saturated rings. The summed E-state index contributed by atoms with van der Waals surface area (Å²) in [5.74, 6) is -0.247. The van der Waals surface area contributed by atoms with Crippen LogP contribution in [0.2, 0.25) is 0 Å². The van der Waals surface area contributed by atoms with E-state index in [9.17, 15) is 14.7 Å². The number of Topliss-reactive ketones (excluding diaryl/α,β-unsaturated/α-hetero) is 1. The molecule has 0 spiro atoms. The molecule has 0 aliphatic carbocycles. The van der Waals surface area contributed by atoms with Crippen LogP contribution in [0.3, 0.4) is 0 Å². The van der Waals surface area contributed by atoms with Crippen molar-refractivity contribution in [2.24, 2.45) is 5.41 Å². The maximum atomic E-state index is 12.5. The van der Waals surface area contributed by atoms with Gasteiger partial charge in [-0.15, -0.1) is 0 Å². The van der Waals surface area contributed by atoms with Crippen molar-refractivity contribution >= 4 is 11.7 Å². The van der Waals surface area contributed by atoms with Crippen molar-refractivity contribution in [2.75, 3.05) is 52.7 Å². The van der Waals surface area contributed by atoms with Crippen molar-refractivity contribution in [3.8, 4) is 0 Å². The minimum atomic E-state index is -0.656. The minimum Gasteiger partial charge on any atom is -0.391 e. The van der Waals surface area contributed by atoms with Crippen LogP contribution in [0.1, 0.15) is 53.9 Å². The number of aliphatic hydroxyl groups is 1. The fourth-order valence-corrected chi connectivity index (χ4v) is 3.16. The number of rotatable bonds is 15. The summed E-state index contributed by atoms with van der Waals surface area (Å²) in [5, 5.41) is 13.2. The number of carbonyl (C=O) groups is 2. The SMILES string of the molecule is CC(C)NCCOCCOCCOCC(=O)N1CC(O)CC1C(=O)CCC(C)(C)C. The zero-order chi connectivity index (χ0) is 22.6. The van der Waals surface area contributed by atoms with Gasteiger partial charge in [0.2, 0.25) is 5.91 Å². The van der Waals surface area contributed by atoms with Crippen LogP contribution in [0.15, 0.2) is 0 Å².